The Morgan fingerprint density at radius 2 is 2.00 bits per heavy atom. The van der Waals surface area contributed by atoms with Gasteiger partial charge < -0.3 is 14.5 Å². The van der Waals surface area contributed by atoms with Crippen molar-refractivity contribution in [1.82, 2.24) is 19.6 Å². The van der Waals surface area contributed by atoms with E-state index in [9.17, 15) is 9.59 Å². The summed E-state index contributed by atoms with van der Waals surface area (Å²) in [7, 11) is 1.88. The van der Waals surface area contributed by atoms with Gasteiger partial charge in [0.15, 0.2) is 5.82 Å². The number of aromatic nitrogens is 2. The number of urea groups is 1. The summed E-state index contributed by atoms with van der Waals surface area (Å²) < 4.78 is 7.31. The first-order valence-corrected chi connectivity index (χ1v) is 10.3. The SMILES string of the molecule is CCCC1CCN(C(=O)Nc2nn(C)c3c2CN(C(=O)OC(C)(C)C)CC3)C1. The molecule has 3 amide bonds. The van der Waals surface area contributed by atoms with Crippen LogP contribution in [0.5, 0.6) is 0 Å². The molecular weight excluding hydrogens is 358 g/mol. The average Bonchev–Trinajstić information content (AvgIpc) is 3.19. The highest BCUT2D eigenvalue weighted by molar-refractivity contribution is 5.89. The molecule has 1 fully saturated rings. The van der Waals surface area contributed by atoms with Gasteiger partial charge in [-0.15, -0.1) is 0 Å². The standard InChI is InChI=1S/C20H33N5O3/c1-6-7-14-8-10-24(12-14)18(26)21-17-15-13-25(19(27)28-20(2,3)4)11-9-16(15)23(5)22-17/h14H,6-13H2,1-5H3,(H,21,22,26). The van der Waals surface area contributed by atoms with E-state index in [2.05, 4.69) is 17.3 Å². The van der Waals surface area contributed by atoms with Crippen LogP contribution in [0.3, 0.4) is 0 Å². The molecule has 1 atom stereocenters. The maximum atomic E-state index is 12.7. The van der Waals surface area contributed by atoms with Gasteiger partial charge in [-0.05, 0) is 39.5 Å². The van der Waals surface area contributed by atoms with Crippen LogP contribution in [0.25, 0.3) is 0 Å². The van der Waals surface area contributed by atoms with Gasteiger partial charge in [0.05, 0.1) is 6.54 Å². The fourth-order valence-corrected chi connectivity index (χ4v) is 4.02. The largest absolute Gasteiger partial charge is 0.444 e. The molecular formula is C20H33N5O3. The summed E-state index contributed by atoms with van der Waals surface area (Å²) in [6.07, 6.45) is 3.73. The minimum absolute atomic E-state index is 0.103. The normalized spacial score (nSPS) is 19.5. The van der Waals surface area contributed by atoms with E-state index in [0.717, 1.165) is 43.6 Å². The summed E-state index contributed by atoms with van der Waals surface area (Å²) in [5.41, 5.74) is 1.42. The van der Waals surface area contributed by atoms with Gasteiger partial charge in [-0.3, -0.25) is 10.00 Å². The van der Waals surface area contributed by atoms with Crippen LogP contribution in [-0.4, -0.2) is 56.9 Å². The van der Waals surface area contributed by atoms with E-state index in [1.165, 1.54) is 0 Å². The number of hydrogen-bond acceptors (Lipinski definition) is 4. The van der Waals surface area contributed by atoms with Crippen molar-refractivity contribution in [3.05, 3.63) is 11.3 Å². The first kappa shape index (κ1) is 20.5. The lowest BCUT2D eigenvalue weighted by molar-refractivity contribution is 0.0223. The number of fused-ring (bicyclic) bond motifs is 1. The minimum atomic E-state index is -0.534. The Morgan fingerprint density at radius 3 is 2.68 bits per heavy atom. The molecule has 0 spiro atoms. The lowest BCUT2D eigenvalue weighted by Gasteiger charge is -2.30. The second kappa shape index (κ2) is 8.01. The third-order valence-corrected chi connectivity index (χ3v) is 5.39. The number of hydrogen-bond donors (Lipinski definition) is 1. The van der Waals surface area contributed by atoms with Crippen molar-refractivity contribution in [1.29, 1.82) is 0 Å². The predicted molar refractivity (Wildman–Crippen MR) is 107 cm³/mol. The first-order valence-electron chi connectivity index (χ1n) is 10.3. The second-order valence-corrected chi connectivity index (χ2v) is 8.87. The zero-order valence-corrected chi connectivity index (χ0v) is 17.7. The molecule has 8 heteroatoms. The smallest absolute Gasteiger partial charge is 0.410 e. The summed E-state index contributed by atoms with van der Waals surface area (Å²) in [4.78, 5) is 28.7. The Balaban J connectivity index is 1.68. The van der Waals surface area contributed by atoms with Gasteiger partial charge in [-0.25, -0.2) is 9.59 Å². The third-order valence-electron chi connectivity index (χ3n) is 5.39. The molecule has 28 heavy (non-hydrogen) atoms. The quantitative estimate of drug-likeness (QED) is 0.857. The van der Waals surface area contributed by atoms with Crippen molar-refractivity contribution in [3.63, 3.8) is 0 Å². The predicted octanol–water partition coefficient (Wildman–Crippen LogP) is 3.37. The van der Waals surface area contributed by atoms with Crippen molar-refractivity contribution in [2.45, 2.75) is 65.5 Å². The van der Waals surface area contributed by atoms with Crippen molar-refractivity contribution in [2.75, 3.05) is 25.0 Å². The molecule has 1 aromatic rings. The Bertz CT molecular complexity index is 737. The fraction of sp³-hybridized carbons (Fsp3) is 0.750. The molecule has 1 N–H and O–H groups in total. The van der Waals surface area contributed by atoms with E-state index in [4.69, 9.17) is 4.74 Å². The maximum Gasteiger partial charge on any atom is 0.410 e. The topological polar surface area (TPSA) is 79.7 Å². The van der Waals surface area contributed by atoms with Crippen LogP contribution in [-0.2, 0) is 24.8 Å². The van der Waals surface area contributed by atoms with Gasteiger partial charge in [0, 0.05) is 44.4 Å². The summed E-state index contributed by atoms with van der Waals surface area (Å²) >= 11 is 0. The molecule has 156 valence electrons. The molecule has 1 saturated heterocycles. The van der Waals surface area contributed by atoms with Crippen LogP contribution in [0, 0.1) is 5.92 Å². The molecule has 1 aromatic heterocycles. The number of amides is 3. The highest BCUT2D eigenvalue weighted by Crippen LogP contribution is 2.28. The van der Waals surface area contributed by atoms with Crippen molar-refractivity contribution in [3.8, 4) is 0 Å². The Kier molecular flexibility index (Phi) is 5.86. The van der Waals surface area contributed by atoms with Crippen LogP contribution < -0.4 is 5.32 Å². The molecule has 0 bridgehead atoms. The minimum Gasteiger partial charge on any atom is -0.444 e. The van der Waals surface area contributed by atoms with Crippen LogP contribution >= 0.6 is 0 Å². The number of anilines is 1. The molecule has 3 heterocycles. The number of carbonyl (C=O) groups excluding carboxylic acids is 2. The molecule has 8 nitrogen and oxygen atoms in total. The van der Waals surface area contributed by atoms with E-state index in [1.54, 1.807) is 9.58 Å². The van der Waals surface area contributed by atoms with Gasteiger partial charge in [0.25, 0.3) is 0 Å². The molecule has 2 aliphatic rings. The highest BCUT2D eigenvalue weighted by Gasteiger charge is 2.31. The van der Waals surface area contributed by atoms with Crippen molar-refractivity contribution < 1.29 is 14.3 Å². The zero-order chi connectivity index (χ0) is 20.5. The van der Waals surface area contributed by atoms with E-state index in [1.807, 2.05) is 32.7 Å². The Morgan fingerprint density at radius 1 is 1.25 bits per heavy atom. The lowest BCUT2D eigenvalue weighted by atomic mass is 10.0. The average molecular weight is 392 g/mol. The number of rotatable bonds is 3. The van der Waals surface area contributed by atoms with Crippen LogP contribution in [0.15, 0.2) is 0 Å². The van der Waals surface area contributed by atoms with Crippen molar-refractivity contribution in [2.24, 2.45) is 13.0 Å². The summed E-state index contributed by atoms with van der Waals surface area (Å²) in [6, 6.07) is -0.103. The molecule has 3 rings (SSSR count). The summed E-state index contributed by atoms with van der Waals surface area (Å²) in [6.45, 7) is 10.3. The van der Waals surface area contributed by atoms with Gasteiger partial charge in [-0.2, -0.15) is 5.10 Å². The van der Waals surface area contributed by atoms with E-state index in [0.29, 0.717) is 31.2 Å². The molecule has 0 saturated carbocycles. The van der Waals surface area contributed by atoms with Gasteiger partial charge in [0.2, 0.25) is 0 Å². The monoisotopic (exact) mass is 391 g/mol. The first-order chi connectivity index (χ1) is 13.2. The van der Waals surface area contributed by atoms with Crippen LogP contribution in [0.2, 0.25) is 0 Å². The highest BCUT2D eigenvalue weighted by atomic mass is 16.6. The second-order valence-electron chi connectivity index (χ2n) is 8.87. The van der Waals surface area contributed by atoms with Crippen LogP contribution in [0.4, 0.5) is 15.4 Å². The third kappa shape index (κ3) is 4.59. The van der Waals surface area contributed by atoms with Gasteiger partial charge in [-0.1, -0.05) is 13.3 Å². The number of nitrogens with one attached hydrogen (secondary N) is 1. The number of nitrogens with zero attached hydrogens (tertiary/aromatic N) is 4. The zero-order valence-electron chi connectivity index (χ0n) is 17.7. The summed E-state index contributed by atoms with van der Waals surface area (Å²) in [5.74, 6) is 1.14. The summed E-state index contributed by atoms with van der Waals surface area (Å²) in [5, 5.41) is 7.49. The maximum absolute atomic E-state index is 12.7. The van der Waals surface area contributed by atoms with E-state index >= 15 is 0 Å². The number of likely N-dealkylation sites (tertiary alicyclic amines) is 1. The molecule has 2 aliphatic heterocycles. The molecule has 0 radical (unpaired) electrons. The molecule has 1 unspecified atom stereocenters. The van der Waals surface area contributed by atoms with E-state index in [-0.39, 0.29) is 12.1 Å². The fourth-order valence-electron chi connectivity index (χ4n) is 4.02. The van der Waals surface area contributed by atoms with Crippen LogP contribution in [0.1, 0.15) is 58.2 Å². The molecule has 0 aromatic carbocycles. The van der Waals surface area contributed by atoms with Gasteiger partial charge >= 0.3 is 12.1 Å². The van der Waals surface area contributed by atoms with Gasteiger partial charge in [0.1, 0.15) is 5.60 Å². The molecule has 0 aliphatic carbocycles. The Labute approximate surface area is 167 Å². The lowest BCUT2D eigenvalue weighted by Crippen LogP contribution is -2.40. The Hall–Kier alpha value is -2.25. The van der Waals surface area contributed by atoms with E-state index < -0.39 is 5.60 Å². The number of ether oxygens (including phenoxy) is 1. The van der Waals surface area contributed by atoms with Crippen molar-refractivity contribution >= 4 is 17.9 Å². The number of carbonyl (C=O) groups is 2. The number of aryl methyl sites for hydroxylation is 1.